The van der Waals surface area contributed by atoms with Gasteiger partial charge in [0.25, 0.3) is 0 Å². The Morgan fingerprint density at radius 2 is 1.77 bits per heavy atom. The van der Waals surface area contributed by atoms with Crippen LogP contribution in [0.15, 0.2) is 59.5 Å². The molecule has 1 heterocycles. The molecule has 0 spiro atoms. The van der Waals surface area contributed by atoms with Crippen molar-refractivity contribution < 1.29 is 9.53 Å². The van der Waals surface area contributed by atoms with Gasteiger partial charge in [-0.2, -0.15) is 0 Å². The Kier molecular flexibility index (Phi) is 6.97. The van der Waals surface area contributed by atoms with Crippen LogP contribution in [-0.2, 0) is 11.3 Å². The number of hydrogen-bond donors (Lipinski definition) is 0. The third-order valence-electron chi connectivity index (χ3n) is 4.61. The molecule has 1 aliphatic rings. The number of methoxy groups -OCH3 is 1. The van der Waals surface area contributed by atoms with Gasteiger partial charge in [-0.15, -0.1) is 11.8 Å². The summed E-state index contributed by atoms with van der Waals surface area (Å²) in [6, 6.07) is 18.4. The molecule has 1 aliphatic heterocycles. The van der Waals surface area contributed by atoms with E-state index in [2.05, 4.69) is 29.2 Å². The molecule has 5 heteroatoms. The first-order valence-corrected chi connectivity index (χ1v) is 10.0. The van der Waals surface area contributed by atoms with Gasteiger partial charge in [-0.1, -0.05) is 30.3 Å². The van der Waals surface area contributed by atoms with Gasteiger partial charge in [-0.25, -0.2) is 0 Å². The molecule has 1 saturated heterocycles. The lowest BCUT2D eigenvalue weighted by atomic mass is 10.2. The van der Waals surface area contributed by atoms with Gasteiger partial charge in [0.1, 0.15) is 5.75 Å². The standard InChI is InChI=1S/C21H26N2O2S/c1-25-19-10-8-18(9-11-19)16-22-12-5-13-23(15-14-22)21(24)17-26-20-6-3-2-4-7-20/h2-4,6-11H,5,12-17H2,1H3. The largest absolute Gasteiger partial charge is 0.497 e. The number of benzene rings is 2. The number of rotatable bonds is 6. The van der Waals surface area contributed by atoms with E-state index in [0.29, 0.717) is 5.75 Å². The fourth-order valence-electron chi connectivity index (χ4n) is 3.12. The third kappa shape index (κ3) is 5.51. The molecule has 0 saturated carbocycles. The topological polar surface area (TPSA) is 32.8 Å². The summed E-state index contributed by atoms with van der Waals surface area (Å²) >= 11 is 1.62. The van der Waals surface area contributed by atoms with Gasteiger partial charge < -0.3 is 9.64 Å². The molecule has 0 aliphatic carbocycles. The molecule has 4 nitrogen and oxygen atoms in total. The zero-order valence-electron chi connectivity index (χ0n) is 15.3. The normalized spacial score (nSPS) is 15.5. The number of carbonyl (C=O) groups is 1. The van der Waals surface area contributed by atoms with E-state index in [9.17, 15) is 4.79 Å². The molecule has 2 aromatic carbocycles. The van der Waals surface area contributed by atoms with E-state index in [1.165, 1.54) is 5.56 Å². The van der Waals surface area contributed by atoms with Crippen molar-refractivity contribution in [2.75, 3.05) is 39.0 Å². The Hall–Kier alpha value is -1.98. The summed E-state index contributed by atoms with van der Waals surface area (Å²) < 4.78 is 5.21. The van der Waals surface area contributed by atoms with Crippen LogP contribution < -0.4 is 4.74 Å². The Morgan fingerprint density at radius 3 is 2.50 bits per heavy atom. The van der Waals surface area contributed by atoms with Crippen molar-refractivity contribution in [3.05, 3.63) is 60.2 Å². The second-order valence-electron chi connectivity index (χ2n) is 6.46. The summed E-state index contributed by atoms with van der Waals surface area (Å²) in [6.45, 7) is 4.54. The van der Waals surface area contributed by atoms with Gasteiger partial charge >= 0.3 is 0 Å². The van der Waals surface area contributed by atoms with Crippen LogP contribution in [0.4, 0.5) is 0 Å². The Labute approximate surface area is 160 Å². The summed E-state index contributed by atoms with van der Waals surface area (Å²) in [7, 11) is 1.69. The predicted octanol–water partition coefficient (Wildman–Crippen LogP) is 3.52. The van der Waals surface area contributed by atoms with Crippen LogP contribution in [0.3, 0.4) is 0 Å². The molecule has 138 valence electrons. The summed E-state index contributed by atoms with van der Waals surface area (Å²) in [6.07, 6.45) is 1.03. The van der Waals surface area contributed by atoms with Crippen LogP contribution in [0, 0.1) is 0 Å². The highest BCUT2D eigenvalue weighted by molar-refractivity contribution is 8.00. The summed E-state index contributed by atoms with van der Waals surface area (Å²) in [5, 5.41) is 0. The average molecular weight is 371 g/mol. The van der Waals surface area contributed by atoms with Crippen LogP contribution in [0.25, 0.3) is 0 Å². The molecule has 2 aromatic rings. The zero-order valence-corrected chi connectivity index (χ0v) is 16.1. The second kappa shape index (κ2) is 9.64. The van der Waals surface area contributed by atoms with Gasteiger partial charge in [-0.05, 0) is 36.2 Å². The quantitative estimate of drug-likeness (QED) is 0.729. The maximum atomic E-state index is 12.5. The van der Waals surface area contributed by atoms with Gasteiger partial charge in [0.05, 0.1) is 12.9 Å². The number of amides is 1. The minimum absolute atomic E-state index is 0.241. The lowest BCUT2D eigenvalue weighted by Gasteiger charge is -2.22. The van der Waals surface area contributed by atoms with Crippen molar-refractivity contribution in [2.24, 2.45) is 0 Å². The van der Waals surface area contributed by atoms with Crippen LogP contribution in [0.2, 0.25) is 0 Å². The third-order valence-corrected chi connectivity index (χ3v) is 5.61. The molecule has 1 amide bonds. The fraction of sp³-hybridized carbons (Fsp3) is 0.381. The van der Waals surface area contributed by atoms with Gasteiger partial charge in [0.15, 0.2) is 0 Å². The SMILES string of the molecule is COc1ccc(CN2CCCN(C(=O)CSc3ccccc3)CC2)cc1. The van der Waals surface area contributed by atoms with Crippen LogP contribution in [-0.4, -0.2) is 54.7 Å². The minimum atomic E-state index is 0.241. The molecule has 0 aromatic heterocycles. The van der Waals surface area contributed by atoms with E-state index in [1.54, 1.807) is 18.9 Å². The highest BCUT2D eigenvalue weighted by Gasteiger charge is 2.19. The van der Waals surface area contributed by atoms with Gasteiger partial charge in [0.2, 0.25) is 5.91 Å². The first-order chi connectivity index (χ1) is 12.7. The Morgan fingerprint density at radius 1 is 1.00 bits per heavy atom. The Balaban J connectivity index is 1.47. The molecule has 3 rings (SSSR count). The summed E-state index contributed by atoms with van der Waals surface area (Å²) in [5.41, 5.74) is 1.28. The maximum absolute atomic E-state index is 12.5. The second-order valence-corrected chi connectivity index (χ2v) is 7.51. The van der Waals surface area contributed by atoms with Crippen LogP contribution in [0.5, 0.6) is 5.75 Å². The number of carbonyl (C=O) groups excluding carboxylic acids is 1. The number of nitrogens with zero attached hydrogens (tertiary/aromatic N) is 2. The smallest absolute Gasteiger partial charge is 0.232 e. The zero-order chi connectivity index (χ0) is 18.2. The molecule has 0 N–H and O–H groups in total. The number of hydrogen-bond acceptors (Lipinski definition) is 4. The summed E-state index contributed by atoms with van der Waals surface area (Å²) in [4.78, 5) is 18.1. The molecular formula is C21H26N2O2S. The van der Waals surface area contributed by atoms with Crippen molar-refractivity contribution in [3.8, 4) is 5.75 Å². The van der Waals surface area contributed by atoms with Crippen molar-refractivity contribution in [2.45, 2.75) is 17.9 Å². The molecule has 0 unspecified atom stereocenters. The van der Waals surface area contributed by atoms with E-state index >= 15 is 0 Å². The lowest BCUT2D eigenvalue weighted by molar-refractivity contribution is -0.128. The van der Waals surface area contributed by atoms with Crippen LogP contribution in [0.1, 0.15) is 12.0 Å². The van der Waals surface area contributed by atoms with E-state index in [0.717, 1.165) is 49.8 Å². The van der Waals surface area contributed by atoms with Crippen molar-refractivity contribution in [3.63, 3.8) is 0 Å². The molecular weight excluding hydrogens is 344 g/mol. The van der Waals surface area contributed by atoms with E-state index in [-0.39, 0.29) is 5.91 Å². The van der Waals surface area contributed by atoms with E-state index in [4.69, 9.17) is 4.74 Å². The monoisotopic (exact) mass is 370 g/mol. The first-order valence-electron chi connectivity index (χ1n) is 9.05. The lowest BCUT2D eigenvalue weighted by Crippen LogP contribution is -2.36. The molecule has 26 heavy (non-hydrogen) atoms. The Bertz CT molecular complexity index is 691. The fourth-order valence-corrected chi connectivity index (χ4v) is 3.94. The molecule has 0 bridgehead atoms. The molecule has 1 fully saturated rings. The first kappa shape index (κ1) is 18.8. The predicted molar refractivity (Wildman–Crippen MR) is 107 cm³/mol. The minimum Gasteiger partial charge on any atom is -0.497 e. The van der Waals surface area contributed by atoms with Crippen molar-refractivity contribution >= 4 is 17.7 Å². The van der Waals surface area contributed by atoms with Crippen LogP contribution >= 0.6 is 11.8 Å². The summed E-state index contributed by atoms with van der Waals surface area (Å²) in [5.74, 6) is 1.64. The highest BCUT2D eigenvalue weighted by atomic mass is 32.2. The molecule has 0 atom stereocenters. The van der Waals surface area contributed by atoms with Crippen molar-refractivity contribution in [1.29, 1.82) is 0 Å². The number of thioether (sulfide) groups is 1. The average Bonchev–Trinajstić information content (AvgIpc) is 2.93. The van der Waals surface area contributed by atoms with Crippen molar-refractivity contribution in [1.82, 2.24) is 9.80 Å². The van der Waals surface area contributed by atoms with Gasteiger partial charge in [0, 0.05) is 37.6 Å². The van der Waals surface area contributed by atoms with Gasteiger partial charge in [-0.3, -0.25) is 9.69 Å². The molecule has 0 radical (unpaired) electrons. The maximum Gasteiger partial charge on any atom is 0.232 e. The van der Waals surface area contributed by atoms with E-state index < -0.39 is 0 Å². The highest BCUT2D eigenvalue weighted by Crippen LogP contribution is 2.18. The number of ether oxygens (including phenoxy) is 1. The van der Waals surface area contributed by atoms with E-state index in [1.807, 2.05) is 35.2 Å².